The summed E-state index contributed by atoms with van der Waals surface area (Å²) in [6, 6.07) is 10.7. The molecule has 3 aromatic rings. The van der Waals surface area contributed by atoms with Crippen LogP contribution >= 0.6 is 0 Å². The Bertz CT molecular complexity index is 836. The number of rotatable bonds is 3. The molecule has 5 nitrogen and oxygen atoms in total. The first kappa shape index (κ1) is 13.1. The molecule has 2 heterocycles. The van der Waals surface area contributed by atoms with Crippen molar-refractivity contribution in [2.45, 2.75) is 6.92 Å². The average molecular weight is 279 g/mol. The molecule has 0 aliphatic rings. The number of carbonyl (C=O) groups excluding carboxylic acids is 2. The van der Waals surface area contributed by atoms with Gasteiger partial charge in [-0.15, -0.1) is 0 Å². The second kappa shape index (κ2) is 5.20. The predicted octanol–water partition coefficient (Wildman–Crippen LogP) is 2.71. The molecule has 0 fully saturated rings. The molecule has 0 bridgehead atoms. The number of benzene rings is 1. The summed E-state index contributed by atoms with van der Waals surface area (Å²) in [5, 5.41) is 2.82. The van der Waals surface area contributed by atoms with Gasteiger partial charge in [-0.1, -0.05) is 18.2 Å². The molecule has 3 rings (SSSR count). The largest absolute Gasteiger partial charge is 0.320 e. The number of hydrogen-bond acceptors (Lipinski definition) is 3. The molecule has 0 unspecified atom stereocenters. The van der Waals surface area contributed by atoms with Gasteiger partial charge >= 0.3 is 0 Å². The summed E-state index contributed by atoms with van der Waals surface area (Å²) in [5.41, 5.74) is 3.19. The van der Waals surface area contributed by atoms with Crippen LogP contribution in [0.2, 0.25) is 0 Å². The zero-order valence-corrected chi connectivity index (χ0v) is 11.4. The third-order valence-corrected chi connectivity index (χ3v) is 3.30. The summed E-state index contributed by atoms with van der Waals surface area (Å²) in [4.78, 5) is 27.4. The van der Waals surface area contributed by atoms with Crippen molar-refractivity contribution in [3.8, 4) is 0 Å². The van der Waals surface area contributed by atoms with Gasteiger partial charge in [-0.05, 0) is 30.7 Å². The zero-order valence-electron chi connectivity index (χ0n) is 11.4. The molecule has 0 aliphatic heterocycles. The number of aromatic nitrogens is 2. The minimum Gasteiger partial charge on any atom is -0.320 e. The van der Waals surface area contributed by atoms with E-state index in [1.54, 1.807) is 28.8 Å². The molecule has 0 atom stereocenters. The highest BCUT2D eigenvalue weighted by molar-refractivity contribution is 6.04. The van der Waals surface area contributed by atoms with E-state index < -0.39 is 0 Å². The standard InChI is InChI=1S/C16H13N3O2/c1-11-5-6-12(10-20)8-13(11)18-16(21)14-9-17-15-4-2-3-7-19(14)15/h2-10H,1H3,(H,18,21). The fourth-order valence-corrected chi connectivity index (χ4v) is 2.13. The molecule has 2 aromatic heterocycles. The molecule has 5 heteroatoms. The van der Waals surface area contributed by atoms with Crippen molar-refractivity contribution in [3.63, 3.8) is 0 Å². The van der Waals surface area contributed by atoms with Crippen LogP contribution in [-0.2, 0) is 0 Å². The van der Waals surface area contributed by atoms with Gasteiger partial charge in [-0.25, -0.2) is 4.98 Å². The first-order chi connectivity index (χ1) is 10.2. The smallest absolute Gasteiger partial charge is 0.274 e. The summed E-state index contributed by atoms with van der Waals surface area (Å²) in [5.74, 6) is -0.264. The van der Waals surface area contributed by atoms with Gasteiger partial charge in [0.25, 0.3) is 5.91 Å². The Morgan fingerprint density at radius 3 is 2.95 bits per heavy atom. The molecule has 0 radical (unpaired) electrons. The van der Waals surface area contributed by atoms with Crippen LogP contribution in [0.3, 0.4) is 0 Å². The number of nitrogens with zero attached hydrogens (tertiary/aromatic N) is 2. The highest BCUT2D eigenvalue weighted by Gasteiger charge is 2.13. The van der Waals surface area contributed by atoms with E-state index >= 15 is 0 Å². The summed E-state index contributed by atoms with van der Waals surface area (Å²) in [7, 11) is 0. The summed E-state index contributed by atoms with van der Waals surface area (Å²) in [6.07, 6.45) is 4.07. The van der Waals surface area contributed by atoms with Gasteiger partial charge in [0, 0.05) is 17.4 Å². The Balaban J connectivity index is 1.95. The van der Waals surface area contributed by atoms with Crippen molar-refractivity contribution in [3.05, 3.63) is 65.6 Å². The minimum absolute atomic E-state index is 0.264. The molecule has 0 saturated carbocycles. The molecule has 1 amide bonds. The van der Waals surface area contributed by atoms with Crippen molar-refractivity contribution in [1.29, 1.82) is 0 Å². The van der Waals surface area contributed by atoms with Crippen LogP contribution in [0.25, 0.3) is 5.65 Å². The van der Waals surface area contributed by atoms with Gasteiger partial charge in [0.1, 0.15) is 17.6 Å². The third kappa shape index (κ3) is 2.41. The van der Waals surface area contributed by atoms with Crippen molar-refractivity contribution in [2.24, 2.45) is 0 Å². The lowest BCUT2D eigenvalue weighted by atomic mass is 10.1. The Morgan fingerprint density at radius 2 is 2.14 bits per heavy atom. The van der Waals surface area contributed by atoms with Gasteiger partial charge in [-0.3, -0.25) is 14.0 Å². The van der Waals surface area contributed by atoms with Crippen molar-refractivity contribution in [1.82, 2.24) is 9.38 Å². The van der Waals surface area contributed by atoms with Crippen LogP contribution in [0.1, 0.15) is 26.4 Å². The molecule has 0 saturated heterocycles. The molecule has 104 valence electrons. The lowest BCUT2D eigenvalue weighted by molar-refractivity contribution is 0.102. The lowest BCUT2D eigenvalue weighted by Crippen LogP contribution is -2.15. The van der Waals surface area contributed by atoms with E-state index in [-0.39, 0.29) is 5.91 Å². The van der Waals surface area contributed by atoms with Gasteiger partial charge in [0.05, 0.1) is 6.20 Å². The van der Waals surface area contributed by atoms with Crippen LogP contribution in [0, 0.1) is 6.92 Å². The summed E-state index contributed by atoms with van der Waals surface area (Å²) in [6.45, 7) is 1.87. The topological polar surface area (TPSA) is 63.5 Å². The van der Waals surface area contributed by atoms with Gasteiger partial charge < -0.3 is 5.32 Å². The summed E-state index contributed by atoms with van der Waals surface area (Å²) >= 11 is 0. The van der Waals surface area contributed by atoms with Gasteiger partial charge in [-0.2, -0.15) is 0 Å². The second-order valence-corrected chi connectivity index (χ2v) is 4.72. The molecule has 0 aliphatic carbocycles. The number of hydrogen-bond donors (Lipinski definition) is 1. The number of amides is 1. The maximum atomic E-state index is 12.4. The molecule has 1 N–H and O–H groups in total. The van der Waals surface area contributed by atoms with E-state index in [4.69, 9.17) is 0 Å². The van der Waals surface area contributed by atoms with Gasteiger partial charge in [0.15, 0.2) is 0 Å². The van der Waals surface area contributed by atoms with E-state index in [1.807, 2.05) is 25.1 Å². The third-order valence-electron chi connectivity index (χ3n) is 3.30. The maximum absolute atomic E-state index is 12.4. The van der Waals surface area contributed by atoms with Crippen molar-refractivity contribution in [2.75, 3.05) is 5.32 Å². The first-order valence-corrected chi connectivity index (χ1v) is 6.48. The van der Waals surface area contributed by atoms with Crippen LogP contribution in [0.5, 0.6) is 0 Å². The highest BCUT2D eigenvalue weighted by atomic mass is 16.2. The zero-order chi connectivity index (χ0) is 14.8. The number of imidazole rings is 1. The van der Waals surface area contributed by atoms with Crippen LogP contribution in [-0.4, -0.2) is 21.6 Å². The van der Waals surface area contributed by atoms with E-state index in [0.29, 0.717) is 22.6 Å². The monoisotopic (exact) mass is 279 g/mol. The number of fused-ring (bicyclic) bond motifs is 1. The average Bonchev–Trinajstić information content (AvgIpc) is 2.93. The SMILES string of the molecule is Cc1ccc(C=O)cc1NC(=O)c1cnc2ccccn12. The van der Waals surface area contributed by atoms with Crippen LogP contribution in [0.15, 0.2) is 48.8 Å². The van der Waals surface area contributed by atoms with E-state index in [0.717, 1.165) is 11.8 Å². The Morgan fingerprint density at radius 1 is 1.29 bits per heavy atom. The fourth-order valence-electron chi connectivity index (χ4n) is 2.13. The Kier molecular flexibility index (Phi) is 3.23. The molecule has 1 aromatic carbocycles. The molecular formula is C16H13N3O2. The van der Waals surface area contributed by atoms with E-state index in [2.05, 4.69) is 10.3 Å². The second-order valence-electron chi connectivity index (χ2n) is 4.72. The number of carbonyl (C=O) groups is 2. The van der Waals surface area contributed by atoms with Crippen molar-refractivity contribution < 1.29 is 9.59 Å². The number of aryl methyl sites for hydroxylation is 1. The maximum Gasteiger partial charge on any atom is 0.274 e. The number of pyridine rings is 1. The highest BCUT2D eigenvalue weighted by Crippen LogP contribution is 2.17. The van der Waals surface area contributed by atoms with Crippen LogP contribution < -0.4 is 5.32 Å². The van der Waals surface area contributed by atoms with Crippen molar-refractivity contribution >= 4 is 23.5 Å². The number of anilines is 1. The Hall–Kier alpha value is -2.95. The number of aldehydes is 1. The predicted molar refractivity (Wildman–Crippen MR) is 79.7 cm³/mol. The fraction of sp³-hybridized carbons (Fsp3) is 0.0625. The molecule has 0 spiro atoms. The minimum atomic E-state index is -0.264. The van der Waals surface area contributed by atoms with Crippen LogP contribution in [0.4, 0.5) is 5.69 Å². The first-order valence-electron chi connectivity index (χ1n) is 6.48. The quantitative estimate of drug-likeness (QED) is 0.750. The molecule has 21 heavy (non-hydrogen) atoms. The number of nitrogens with one attached hydrogen (secondary N) is 1. The lowest BCUT2D eigenvalue weighted by Gasteiger charge is -2.08. The van der Waals surface area contributed by atoms with Gasteiger partial charge in [0.2, 0.25) is 0 Å². The molecular weight excluding hydrogens is 266 g/mol. The van der Waals surface area contributed by atoms with E-state index in [9.17, 15) is 9.59 Å². The summed E-state index contributed by atoms with van der Waals surface area (Å²) < 4.78 is 1.72. The Labute approximate surface area is 121 Å². The van der Waals surface area contributed by atoms with E-state index in [1.165, 1.54) is 6.20 Å². The normalized spacial score (nSPS) is 10.5.